The first kappa shape index (κ1) is 13.8. The molecular weight excluding hydrogens is 260 g/mol. The molecule has 0 fully saturated rings. The average molecular weight is 277 g/mol. The van der Waals surface area contributed by atoms with Crippen LogP contribution in [0.15, 0.2) is 36.4 Å². The van der Waals surface area contributed by atoms with E-state index < -0.39 is 0 Å². The summed E-state index contributed by atoms with van der Waals surface area (Å²) in [5.41, 5.74) is 2.58. The van der Waals surface area contributed by atoms with Crippen LogP contribution in [0.3, 0.4) is 0 Å². The lowest BCUT2D eigenvalue weighted by atomic mass is 10.1. The highest BCUT2D eigenvalue weighted by Crippen LogP contribution is 2.23. The molecule has 0 amide bonds. The molecule has 0 saturated carbocycles. The maximum absolute atomic E-state index is 9.74. The van der Waals surface area contributed by atoms with E-state index in [0.29, 0.717) is 12.2 Å². The van der Waals surface area contributed by atoms with Crippen molar-refractivity contribution in [1.29, 1.82) is 0 Å². The molecule has 0 unspecified atom stereocenters. The van der Waals surface area contributed by atoms with Crippen molar-refractivity contribution in [3.8, 4) is 5.75 Å². The van der Waals surface area contributed by atoms with Crippen LogP contribution in [0.25, 0.3) is 0 Å². The smallest absolute Gasteiger partial charge is 0.138 e. The fraction of sp³-hybridized carbons (Fsp3) is 0.267. The molecule has 19 heavy (non-hydrogen) atoms. The maximum Gasteiger partial charge on any atom is 0.138 e. The summed E-state index contributed by atoms with van der Waals surface area (Å²) in [5, 5.41) is 13.8. The number of aromatic nitrogens is 1. The lowest BCUT2D eigenvalue weighted by molar-refractivity contribution is 0.454. The zero-order chi connectivity index (χ0) is 13.8. The number of nitrogens with zero attached hydrogens (tertiary/aromatic N) is 1. The minimum Gasteiger partial charge on any atom is -0.506 e. The molecule has 0 aliphatic heterocycles. The molecule has 2 N–H and O–H groups in total. The van der Waals surface area contributed by atoms with Crippen molar-refractivity contribution in [1.82, 2.24) is 10.3 Å². The van der Waals surface area contributed by atoms with Crippen LogP contribution in [0.1, 0.15) is 29.9 Å². The Balaban J connectivity index is 2.06. The summed E-state index contributed by atoms with van der Waals surface area (Å²) >= 11 is 6.15. The maximum atomic E-state index is 9.74. The first-order chi connectivity index (χ1) is 9.08. The molecular formula is C15H17ClN2O. The van der Waals surface area contributed by atoms with Crippen LogP contribution in [0, 0.1) is 6.92 Å². The molecule has 0 aliphatic carbocycles. The molecule has 1 heterocycles. The molecule has 0 bridgehead atoms. The lowest BCUT2D eigenvalue weighted by Gasteiger charge is -2.16. The monoisotopic (exact) mass is 276 g/mol. The highest BCUT2D eigenvalue weighted by molar-refractivity contribution is 6.31. The summed E-state index contributed by atoms with van der Waals surface area (Å²) < 4.78 is 0. The van der Waals surface area contributed by atoms with Gasteiger partial charge in [-0.25, -0.2) is 0 Å². The number of benzene rings is 1. The number of hydrogen-bond donors (Lipinski definition) is 2. The summed E-state index contributed by atoms with van der Waals surface area (Å²) in [6.45, 7) is 4.44. The van der Waals surface area contributed by atoms with Gasteiger partial charge in [0, 0.05) is 23.3 Å². The SMILES string of the molecule is Cc1ccc(O)c(CN[C@H](C)c2ccccc2Cl)n1. The van der Waals surface area contributed by atoms with Gasteiger partial charge < -0.3 is 10.4 Å². The van der Waals surface area contributed by atoms with Crippen molar-refractivity contribution in [2.75, 3.05) is 0 Å². The van der Waals surface area contributed by atoms with E-state index in [1.54, 1.807) is 12.1 Å². The molecule has 0 spiro atoms. The van der Waals surface area contributed by atoms with Crippen LogP contribution >= 0.6 is 11.6 Å². The van der Waals surface area contributed by atoms with Crippen LogP contribution in [-0.4, -0.2) is 10.1 Å². The number of pyridine rings is 1. The molecule has 4 heteroatoms. The minimum atomic E-state index is 0.0930. The van der Waals surface area contributed by atoms with Gasteiger partial charge in [0.1, 0.15) is 5.75 Å². The second-order valence-electron chi connectivity index (χ2n) is 4.54. The molecule has 1 aromatic heterocycles. The van der Waals surface area contributed by atoms with Gasteiger partial charge >= 0.3 is 0 Å². The number of halogens is 1. The second kappa shape index (κ2) is 6.04. The largest absolute Gasteiger partial charge is 0.506 e. The van der Waals surface area contributed by atoms with Crippen molar-refractivity contribution in [2.45, 2.75) is 26.4 Å². The van der Waals surface area contributed by atoms with E-state index in [1.807, 2.05) is 38.1 Å². The van der Waals surface area contributed by atoms with E-state index in [9.17, 15) is 5.11 Å². The molecule has 3 nitrogen and oxygen atoms in total. The summed E-state index contributed by atoms with van der Waals surface area (Å²) in [6, 6.07) is 11.3. The number of rotatable bonds is 4. The Hall–Kier alpha value is -1.58. The fourth-order valence-electron chi connectivity index (χ4n) is 1.92. The fourth-order valence-corrected chi connectivity index (χ4v) is 2.22. The number of aryl methyl sites for hydroxylation is 1. The van der Waals surface area contributed by atoms with E-state index in [4.69, 9.17) is 11.6 Å². The molecule has 2 aromatic rings. The van der Waals surface area contributed by atoms with E-state index >= 15 is 0 Å². The lowest BCUT2D eigenvalue weighted by Crippen LogP contribution is -2.19. The Kier molecular flexibility index (Phi) is 4.40. The van der Waals surface area contributed by atoms with E-state index in [-0.39, 0.29) is 11.8 Å². The second-order valence-corrected chi connectivity index (χ2v) is 4.95. The zero-order valence-corrected chi connectivity index (χ0v) is 11.8. The van der Waals surface area contributed by atoms with Gasteiger partial charge in [-0.2, -0.15) is 0 Å². The highest BCUT2D eigenvalue weighted by atomic mass is 35.5. The number of hydrogen-bond acceptors (Lipinski definition) is 3. The van der Waals surface area contributed by atoms with Crippen molar-refractivity contribution in [2.24, 2.45) is 0 Å². The van der Waals surface area contributed by atoms with E-state index in [2.05, 4.69) is 10.3 Å². The van der Waals surface area contributed by atoms with Crippen LogP contribution in [-0.2, 0) is 6.54 Å². The van der Waals surface area contributed by atoms with Gasteiger partial charge in [-0.15, -0.1) is 0 Å². The van der Waals surface area contributed by atoms with Gasteiger partial charge in [0.25, 0.3) is 0 Å². The zero-order valence-electron chi connectivity index (χ0n) is 11.0. The predicted molar refractivity (Wildman–Crippen MR) is 77.3 cm³/mol. The molecule has 1 atom stereocenters. The molecule has 2 rings (SSSR count). The van der Waals surface area contributed by atoms with E-state index in [0.717, 1.165) is 16.3 Å². The Morgan fingerprint density at radius 3 is 2.74 bits per heavy atom. The standard InChI is InChI=1S/C15H17ClN2O/c1-10-7-8-15(19)14(18-10)9-17-11(2)12-5-3-4-6-13(12)16/h3-8,11,17,19H,9H2,1-2H3/t11-/m1/s1. The van der Waals surface area contributed by atoms with Crippen molar-refractivity contribution in [3.63, 3.8) is 0 Å². The number of aromatic hydroxyl groups is 1. The molecule has 0 radical (unpaired) electrons. The van der Waals surface area contributed by atoms with Gasteiger partial charge in [0.05, 0.1) is 5.69 Å². The van der Waals surface area contributed by atoms with Crippen LogP contribution in [0.2, 0.25) is 5.02 Å². The highest BCUT2D eigenvalue weighted by Gasteiger charge is 2.10. The van der Waals surface area contributed by atoms with Crippen LogP contribution < -0.4 is 5.32 Å². The van der Waals surface area contributed by atoms with Crippen LogP contribution in [0.5, 0.6) is 5.75 Å². The summed E-state index contributed by atoms with van der Waals surface area (Å²) in [4.78, 5) is 4.32. The van der Waals surface area contributed by atoms with Crippen molar-refractivity contribution < 1.29 is 5.11 Å². The third-order valence-corrected chi connectivity index (χ3v) is 3.38. The first-order valence-electron chi connectivity index (χ1n) is 6.21. The molecule has 0 aliphatic rings. The first-order valence-corrected chi connectivity index (χ1v) is 6.59. The van der Waals surface area contributed by atoms with Crippen molar-refractivity contribution in [3.05, 3.63) is 58.4 Å². The van der Waals surface area contributed by atoms with Crippen molar-refractivity contribution >= 4 is 11.6 Å². The summed E-state index contributed by atoms with van der Waals surface area (Å²) in [6.07, 6.45) is 0. The average Bonchev–Trinajstić information content (AvgIpc) is 2.40. The Morgan fingerprint density at radius 1 is 1.26 bits per heavy atom. The molecule has 1 aromatic carbocycles. The minimum absolute atomic E-state index is 0.0930. The third kappa shape index (κ3) is 3.46. The quantitative estimate of drug-likeness (QED) is 0.897. The Morgan fingerprint density at radius 2 is 2.00 bits per heavy atom. The van der Waals surface area contributed by atoms with Gasteiger partial charge in [0.2, 0.25) is 0 Å². The normalized spacial score (nSPS) is 12.4. The topological polar surface area (TPSA) is 45.1 Å². The summed E-state index contributed by atoms with van der Waals surface area (Å²) in [7, 11) is 0. The summed E-state index contributed by atoms with van der Waals surface area (Å²) in [5.74, 6) is 0.212. The third-order valence-electron chi connectivity index (χ3n) is 3.04. The predicted octanol–water partition coefficient (Wildman–Crippen LogP) is 3.60. The Labute approximate surface area is 118 Å². The number of nitrogens with one attached hydrogen (secondary N) is 1. The van der Waals surface area contributed by atoms with Gasteiger partial charge in [-0.1, -0.05) is 29.8 Å². The molecule has 100 valence electrons. The van der Waals surface area contributed by atoms with Gasteiger partial charge in [0.15, 0.2) is 0 Å². The van der Waals surface area contributed by atoms with Gasteiger partial charge in [-0.3, -0.25) is 4.98 Å². The van der Waals surface area contributed by atoms with Gasteiger partial charge in [-0.05, 0) is 37.6 Å². The molecule has 0 saturated heterocycles. The Bertz CT molecular complexity index is 572. The van der Waals surface area contributed by atoms with E-state index in [1.165, 1.54) is 0 Å². The van der Waals surface area contributed by atoms with Crippen LogP contribution in [0.4, 0.5) is 0 Å².